The maximum atomic E-state index is 12.5. The van der Waals surface area contributed by atoms with E-state index < -0.39 is 0 Å². The van der Waals surface area contributed by atoms with Crippen molar-refractivity contribution in [1.29, 1.82) is 0 Å². The molecule has 0 atom stereocenters. The zero-order valence-electron chi connectivity index (χ0n) is 19.4. The van der Waals surface area contributed by atoms with Crippen molar-refractivity contribution in [3.05, 3.63) is 88.7 Å². The minimum absolute atomic E-state index is 0.130. The summed E-state index contributed by atoms with van der Waals surface area (Å²) in [4.78, 5) is 12.5. The van der Waals surface area contributed by atoms with E-state index in [0.29, 0.717) is 29.1 Å². The van der Waals surface area contributed by atoms with Crippen LogP contribution in [0, 0.1) is 6.92 Å². The number of ether oxygens (including phenoxy) is 2. The molecule has 4 aromatic rings. The quantitative estimate of drug-likeness (QED) is 0.241. The number of benzene rings is 3. The molecule has 0 saturated carbocycles. The van der Waals surface area contributed by atoms with Crippen LogP contribution in [-0.2, 0) is 11.4 Å². The fourth-order valence-electron chi connectivity index (χ4n) is 3.36. The molecule has 0 fully saturated rings. The molecule has 1 amide bonds. The number of aromatic nitrogens is 3. The molecule has 0 bridgehead atoms. The summed E-state index contributed by atoms with van der Waals surface area (Å²) in [5.41, 5.74) is 2.71. The van der Waals surface area contributed by atoms with Crippen LogP contribution < -0.4 is 14.8 Å². The van der Waals surface area contributed by atoms with Crippen LogP contribution in [0.25, 0.3) is 5.69 Å². The van der Waals surface area contributed by atoms with Gasteiger partial charge in [-0.3, -0.25) is 9.36 Å². The van der Waals surface area contributed by atoms with Gasteiger partial charge in [0.15, 0.2) is 22.5 Å². The molecule has 3 aromatic carbocycles. The monoisotopic (exact) mass is 552 g/mol. The fraction of sp³-hybridized carbons (Fsp3) is 0.192. The number of nitrogens with zero attached hydrogens (tertiary/aromatic N) is 3. The van der Waals surface area contributed by atoms with E-state index >= 15 is 0 Å². The smallest absolute Gasteiger partial charge is 0.234 e. The number of nitrogens with one attached hydrogen (secondary N) is 1. The number of thioether (sulfide) groups is 1. The summed E-state index contributed by atoms with van der Waals surface area (Å²) in [5, 5.41) is 12.2. The van der Waals surface area contributed by atoms with E-state index in [9.17, 15) is 4.79 Å². The predicted octanol–water partition coefficient (Wildman–Crippen LogP) is 6.05. The molecule has 1 heterocycles. The lowest BCUT2D eigenvalue weighted by molar-refractivity contribution is -0.113. The molecule has 4 rings (SSSR count). The first-order valence-electron chi connectivity index (χ1n) is 11.1. The summed E-state index contributed by atoms with van der Waals surface area (Å²) in [5.74, 6) is 2.01. The fourth-order valence-corrected chi connectivity index (χ4v) is 4.53. The molecule has 0 saturated heterocycles. The second kappa shape index (κ2) is 11.9. The van der Waals surface area contributed by atoms with Gasteiger partial charge >= 0.3 is 0 Å². The first-order chi connectivity index (χ1) is 17.0. The Bertz CT molecular complexity index is 1300. The Kier molecular flexibility index (Phi) is 8.44. The number of hydrogen-bond donors (Lipinski definition) is 1. The number of anilines is 1. The molecule has 180 valence electrons. The molecule has 9 heteroatoms. The second-order valence-electron chi connectivity index (χ2n) is 7.59. The number of carbonyl (C=O) groups is 1. The van der Waals surface area contributed by atoms with Gasteiger partial charge in [0, 0.05) is 15.8 Å². The van der Waals surface area contributed by atoms with E-state index in [0.717, 1.165) is 21.4 Å². The standard InChI is InChI=1S/C26H25BrN4O3S/c1-3-33-23-14-18(2)12-13-22(23)34-16-24-29-30-26(31(24)21-10-5-4-6-11-21)35-17-25(32)28-20-9-7-8-19(27)15-20/h4-15H,3,16-17H2,1-2H3,(H,28,32). The topological polar surface area (TPSA) is 78.3 Å². The molecule has 0 aliphatic rings. The SMILES string of the molecule is CCOc1cc(C)ccc1OCc1nnc(SCC(=O)Nc2cccc(Br)c2)n1-c1ccccc1. The molecule has 0 aliphatic heterocycles. The highest BCUT2D eigenvalue weighted by molar-refractivity contribution is 9.10. The average molecular weight is 553 g/mol. The van der Waals surface area contributed by atoms with Crippen LogP contribution in [0.2, 0.25) is 0 Å². The maximum Gasteiger partial charge on any atom is 0.234 e. The maximum absolute atomic E-state index is 12.5. The van der Waals surface area contributed by atoms with Gasteiger partial charge in [-0.25, -0.2) is 0 Å². The van der Waals surface area contributed by atoms with Gasteiger partial charge in [0.2, 0.25) is 5.91 Å². The lowest BCUT2D eigenvalue weighted by Crippen LogP contribution is -2.14. The molecular weight excluding hydrogens is 528 g/mol. The van der Waals surface area contributed by atoms with Gasteiger partial charge in [-0.1, -0.05) is 58.0 Å². The van der Waals surface area contributed by atoms with Crippen molar-refractivity contribution in [3.63, 3.8) is 0 Å². The largest absolute Gasteiger partial charge is 0.490 e. The number of halogens is 1. The van der Waals surface area contributed by atoms with Gasteiger partial charge in [0.25, 0.3) is 0 Å². The number of rotatable bonds is 10. The van der Waals surface area contributed by atoms with Gasteiger partial charge < -0.3 is 14.8 Å². The Morgan fingerprint density at radius 2 is 1.83 bits per heavy atom. The van der Waals surface area contributed by atoms with E-state index in [2.05, 4.69) is 31.4 Å². The summed E-state index contributed by atoms with van der Waals surface area (Å²) < 4.78 is 14.6. The van der Waals surface area contributed by atoms with Crippen molar-refractivity contribution in [3.8, 4) is 17.2 Å². The van der Waals surface area contributed by atoms with Crippen molar-refractivity contribution in [2.45, 2.75) is 25.6 Å². The number of hydrogen-bond acceptors (Lipinski definition) is 6. The van der Waals surface area contributed by atoms with Gasteiger partial charge in [-0.05, 0) is 61.9 Å². The van der Waals surface area contributed by atoms with Crippen LogP contribution in [0.5, 0.6) is 11.5 Å². The van der Waals surface area contributed by atoms with Gasteiger partial charge in [0.1, 0.15) is 6.61 Å². The summed E-state index contributed by atoms with van der Waals surface area (Å²) >= 11 is 4.73. The van der Waals surface area contributed by atoms with Gasteiger partial charge in [0.05, 0.1) is 12.4 Å². The highest BCUT2D eigenvalue weighted by atomic mass is 79.9. The zero-order chi connectivity index (χ0) is 24.6. The van der Waals surface area contributed by atoms with E-state index in [1.54, 1.807) is 0 Å². The van der Waals surface area contributed by atoms with E-state index in [1.807, 2.05) is 91.2 Å². The Balaban J connectivity index is 1.51. The number of carbonyl (C=O) groups excluding carboxylic acids is 1. The van der Waals surface area contributed by atoms with Crippen molar-refractivity contribution in [2.24, 2.45) is 0 Å². The molecular formula is C26H25BrN4O3S. The Morgan fingerprint density at radius 3 is 2.60 bits per heavy atom. The third kappa shape index (κ3) is 6.64. The summed E-state index contributed by atoms with van der Waals surface area (Å²) in [6.07, 6.45) is 0. The first-order valence-corrected chi connectivity index (χ1v) is 12.9. The van der Waals surface area contributed by atoms with Crippen molar-refractivity contribution in [2.75, 3.05) is 17.7 Å². The molecule has 0 radical (unpaired) electrons. The van der Waals surface area contributed by atoms with Crippen LogP contribution >= 0.6 is 27.7 Å². The second-order valence-corrected chi connectivity index (χ2v) is 9.45. The number of para-hydroxylation sites is 1. The highest BCUT2D eigenvalue weighted by Gasteiger charge is 2.17. The molecule has 35 heavy (non-hydrogen) atoms. The molecule has 0 aliphatic carbocycles. The summed E-state index contributed by atoms with van der Waals surface area (Å²) in [6.45, 7) is 4.68. The number of amides is 1. The lowest BCUT2D eigenvalue weighted by Gasteiger charge is -2.14. The van der Waals surface area contributed by atoms with Crippen molar-refractivity contribution >= 4 is 39.3 Å². The van der Waals surface area contributed by atoms with Crippen LogP contribution in [-0.4, -0.2) is 33.0 Å². The predicted molar refractivity (Wildman–Crippen MR) is 142 cm³/mol. The third-order valence-corrected chi connectivity index (χ3v) is 6.33. The minimum Gasteiger partial charge on any atom is -0.490 e. The third-order valence-electron chi connectivity index (χ3n) is 4.91. The van der Waals surface area contributed by atoms with Crippen molar-refractivity contribution in [1.82, 2.24) is 14.8 Å². The van der Waals surface area contributed by atoms with Crippen molar-refractivity contribution < 1.29 is 14.3 Å². The molecule has 0 spiro atoms. The first kappa shape index (κ1) is 24.8. The Labute approximate surface area is 217 Å². The zero-order valence-corrected chi connectivity index (χ0v) is 21.8. The van der Waals surface area contributed by atoms with Gasteiger partial charge in [-0.15, -0.1) is 10.2 Å². The Morgan fingerprint density at radius 1 is 1.00 bits per heavy atom. The lowest BCUT2D eigenvalue weighted by atomic mass is 10.2. The van der Waals surface area contributed by atoms with Crippen LogP contribution in [0.1, 0.15) is 18.3 Å². The Hall–Kier alpha value is -3.30. The van der Waals surface area contributed by atoms with Crippen LogP contribution in [0.3, 0.4) is 0 Å². The summed E-state index contributed by atoms with van der Waals surface area (Å²) in [7, 11) is 0. The average Bonchev–Trinajstić information content (AvgIpc) is 3.26. The molecule has 0 unspecified atom stereocenters. The molecule has 7 nitrogen and oxygen atoms in total. The number of aryl methyl sites for hydroxylation is 1. The van der Waals surface area contributed by atoms with Gasteiger partial charge in [-0.2, -0.15) is 0 Å². The summed E-state index contributed by atoms with van der Waals surface area (Å²) in [6, 6.07) is 23.1. The molecule has 1 aromatic heterocycles. The minimum atomic E-state index is -0.130. The highest BCUT2D eigenvalue weighted by Crippen LogP contribution is 2.30. The molecule has 1 N–H and O–H groups in total. The van der Waals surface area contributed by atoms with E-state index in [-0.39, 0.29) is 18.3 Å². The van der Waals surface area contributed by atoms with E-state index in [4.69, 9.17) is 9.47 Å². The van der Waals surface area contributed by atoms with Crippen LogP contribution in [0.4, 0.5) is 5.69 Å². The van der Waals surface area contributed by atoms with E-state index in [1.165, 1.54) is 11.8 Å². The normalized spacial score (nSPS) is 10.7. The van der Waals surface area contributed by atoms with Crippen LogP contribution in [0.15, 0.2) is 82.4 Å².